The first-order chi connectivity index (χ1) is 6.84. The summed E-state index contributed by atoms with van der Waals surface area (Å²) in [4.78, 5) is 10.8. The Labute approximate surface area is 99.8 Å². The van der Waals surface area contributed by atoms with Crippen LogP contribution in [0.3, 0.4) is 0 Å². The average molecular weight is 253 g/mol. The third-order valence-electron chi connectivity index (χ3n) is 2.35. The highest BCUT2D eigenvalue weighted by Gasteiger charge is 2.39. The highest BCUT2D eigenvalue weighted by atomic mass is 35.5. The van der Waals surface area contributed by atoms with Crippen LogP contribution in [-0.4, -0.2) is 34.2 Å². The van der Waals surface area contributed by atoms with Crippen molar-refractivity contribution < 1.29 is 14.3 Å². The van der Waals surface area contributed by atoms with Crippen LogP contribution in [-0.2, 0) is 14.3 Å². The number of esters is 1. The molecule has 0 aromatic carbocycles. The van der Waals surface area contributed by atoms with Crippen LogP contribution >= 0.6 is 23.4 Å². The Hall–Kier alpha value is 0.0700. The van der Waals surface area contributed by atoms with Gasteiger partial charge in [-0.1, -0.05) is 6.92 Å². The number of thioether (sulfide) groups is 1. The van der Waals surface area contributed by atoms with E-state index in [0.717, 1.165) is 0 Å². The lowest BCUT2D eigenvalue weighted by Gasteiger charge is -2.39. The third kappa shape index (κ3) is 3.54. The van der Waals surface area contributed by atoms with Gasteiger partial charge < -0.3 is 9.47 Å². The molecule has 1 rings (SSSR count). The van der Waals surface area contributed by atoms with E-state index in [1.54, 1.807) is 18.7 Å². The summed E-state index contributed by atoms with van der Waals surface area (Å²) >= 11 is 7.27. The van der Waals surface area contributed by atoms with Crippen LogP contribution in [0.15, 0.2) is 0 Å². The molecule has 0 aliphatic carbocycles. The van der Waals surface area contributed by atoms with Gasteiger partial charge in [0.05, 0.1) is 12.7 Å². The fraction of sp³-hybridized carbons (Fsp3) is 0.900. The zero-order valence-electron chi connectivity index (χ0n) is 9.45. The van der Waals surface area contributed by atoms with E-state index >= 15 is 0 Å². The SMILES string of the molecule is CC(Cl)C(=O)OC1(C)COC(C)C(C)S1. The smallest absolute Gasteiger partial charge is 0.325 e. The standard InChI is InChI=1S/C10H17ClO3S/c1-6(11)9(12)14-10(4)5-13-7(2)8(3)15-10/h6-8H,5H2,1-4H3. The van der Waals surface area contributed by atoms with Crippen LogP contribution in [0.1, 0.15) is 27.7 Å². The molecular formula is C10H17ClO3S. The van der Waals surface area contributed by atoms with Gasteiger partial charge in [0.15, 0.2) is 4.93 Å². The zero-order valence-corrected chi connectivity index (χ0v) is 11.0. The van der Waals surface area contributed by atoms with E-state index in [2.05, 4.69) is 6.92 Å². The lowest BCUT2D eigenvalue weighted by Crippen LogP contribution is -2.44. The second kappa shape index (κ2) is 4.93. The average Bonchev–Trinajstić information content (AvgIpc) is 2.12. The number of ether oxygens (including phenoxy) is 2. The Morgan fingerprint density at radius 2 is 2.27 bits per heavy atom. The maximum Gasteiger partial charge on any atom is 0.325 e. The first kappa shape index (κ1) is 13.1. The Morgan fingerprint density at radius 1 is 1.67 bits per heavy atom. The van der Waals surface area contributed by atoms with Crippen molar-refractivity contribution in [2.24, 2.45) is 0 Å². The van der Waals surface area contributed by atoms with Gasteiger partial charge in [-0.15, -0.1) is 23.4 Å². The molecule has 5 heteroatoms. The van der Waals surface area contributed by atoms with Crippen LogP contribution in [0, 0.1) is 0 Å². The maximum absolute atomic E-state index is 11.4. The summed E-state index contributed by atoms with van der Waals surface area (Å²) in [6.45, 7) is 7.96. The molecule has 4 atom stereocenters. The molecule has 1 aliphatic heterocycles. The summed E-state index contributed by atoms with van der Waals surface area (Å²) in [6.07, 6.45) is 0.190. The van der Waals surface area contributed by atoms with Crippen LogP contribution in [0.2, 0.25) is 0 Å². The second-order valence-electron chi connectivity index (χ2n) is 4.01. The lowest BCUT2D eigenvalue weighted by molar-refractivity contribution is -0.155. The minimum absolute atomic E-state index is 0.190. The minimum Gasteiger partial charge on any atom is -0.445 e. The van der Waals surface area contributed by atoms with Crippen molar-refractivity contribution in [2.45, 2.75) is 49.4 Å². The maximum atomic E-state index is 11.4. The second-order valence-corrected chi connectivity index (χ2v) is 6.51. The molecule has 1 heterocycles. The van der Waals surface area contributed by atoms with E-state index in [9.17, 15) is 4.79 Å². The molecule has 1 saturated heterocycles. The predicted molar refractivity (Wildman–Crippen MR) is 62.3 cm³/mol. The molecular weight excluding hydrogens is 236 g/mol. The van der Waals surface area contributed by atoms with Gasteiger partial charge >= 0.3 is 5.97 Å². The van der Waals surface area contributed by atoms with Gasteiger partial charge in [-0.05, 0) is 20.8 Å². The van der Waals surface area contributed by atoms with Crippen molar-refractivity contribution in [3.63, 3.8) is 0 Å². The number of alkyl halides is 1. The Morgan fingerprint density at radius 3 is 2.73 bits per heavy atom. The molecule has 0 amide bonds. The number of hydrogen-bond donors (Lipinski definition) is 0. The van der Waals surface area contributed by atoms with Crippen molar-refractivity contribution in [2.75, 3.05) is 6.61 Å². The van der Waals surface area contributed by atoms with E-state index in [1.165, 1.54) is 0 Å². The molecule has 0 bridgehead atoms. The third-order valence-corrected chi connectivity index (χ3v) is 3.98. The summed E-state index contributed by atoms with van der Waals surface area (Å²) in [7, 11) is 0. The molecule has 0 N–H and O–H groups in total. The molecule has 0 saturated carbocycles. The number of carbonyl (C=O) groups is 1. The van der Waals surface area contributed by atoms with Crippen molar-refractivity contribution in [3.05, 3.63) is 0 Å². The van der Waals surface area contributed by atoms with Crippen molar-refractivity contribution in [1.29, 1.82) is 0 Å². The fourth-order valence-electron chi connectivity index (χ4n) is 1.29. The van der Waals surface area contributed by atoms with Gasteiger partial charge in [0.2, 0.25) is 0 Å². The first-order valence-electron chi connectivity index (χ1n) is 5.00. The van der Waals surface area contributed by atoms with Crippen LogP contribution in [0.25, 0.3) is 0 Å². The fourth-order valence-corrected chi connectivity index (χ4v) is 2.66. The zero-order chi connectivity index (χ0) is 11.6. The predicted octanol–water partition coefficient (Wildman–Crippen LogP) is 2.41. The minimum atomic E-state index is -0.614. The topological polar surface area (TPSA) is 35.5 Å². The molecule has 0 radical (unpaired) electrons. The molecule has 4 unspecified atom stereocenters. The molecule has 1 aliphatic rings. The monoisotopic (exact) mass is 252 g/mol. The van der Waals surface area contributed by atoms with E-state index < -0.39 is 16.3 Å². The van der Waals surface area contributed by atoms with Crippen LogP contribution < -0.4 is 0 Å². The van der Waals surface area contributed by atoms with Gasteiger partial charge in [-0.25, -0.2) is 0 Å². The Kier molecular flexibility index (Phi) is 4.32. The summed E-state index contributed by atoms with van der Waals surface area (Å²) in [5, 5.41) is -0.306. The van der Waals surface area contributed by atoms with Crippen LogP contribution in [0.4, 0.5) is 0 Å². The van der Waals surface area contributed by atoms with Gasteiger partial charge in [-0.2, -0.15) is 0 Å². The number of carbonyl (C=O) groups excluding carboxylic acids is 1. The van der Waals surface area contributed by atoms with Crippen molar-refractivity contribution in [3.8, 4) is 0 Å². The summed E-state index contributed by atoms with van der Waals surface area (Å²) in [6, 6.07) is 0. The van der Waals surface area contributed by atoms with Crippen molar-refractivity contribution in [1.82, 2.24) is 0 Å². The summed E-state index contributed by atoms with van der Waals surface area (Å²) in [5.41, 5.74) is 0. The van der Waals surface area contributed by atoms with Gasteiger partial charge in [0.25, 0.3) is 0 Å². The van der Waals surface area contributed by atoms with E-state index in [4.69, 9.17) is 21.1 Å². The Balaban J connectivity index is 2.56. The van der Waals surface area contributed by atoms with Gasteiger partial charge in [0.1, 0.15) is 5.38 Å². The summed E-state index contributed by atoms with van der Waals surface area (Å²) in [5.74, 6) is -0.392. The number of halogens is 1. The summed E-state index contributed by atoms with van der Waals surface area (Å²) < 4.78 is 10.9. The van der Waals surface area contributed by atoms with Gasteiger partial charge in [-0.3, -0.25) is 4.79 Å². The van der Waals surface area contributed by atoms with Crippen LogP contribution in [0.5, 0.6) is 0 Å². The Bertz CT molecular complexity index is 247. The first-order valence-corrected chi connectivity index (χ1v) is 6.32. The number of rotatable bonds is 2. The van der Waals surface area contributed by atoms with Crippen molar-refractivity contribution >= 4 is 29.3 Å². The molecule has 3 nitrogen and oxygen atoms in total. The molecule has 0 aromatic heterocycles. The largest absolute Gasteiger partial charge is 0.445 e. The molecule has 0 spiro atoms. The molecule has 15 heavy (non-hydrogen) atoms. The van der Waals surface area contributed by atoms with E-state index in [1.807, 2.05) is 13.8 Å². The molecule has 1 fully saturated rings. The molecule has 88 valence electrons. The number of hydrogen-bond acceptors (Lipinski definition) is 4. The highest BCUT2D eigenvalue weighted by Crippen LogP contribution is 2.37. The normalized spacial score (nSPS) is 38.5. The van der Waals surface area contributed by atoms with Gasteiger partial charge in [0, 0.05) is 5.25 Å². The molecule has 0 aromatic rings. The highest BCUT2D eigenvalue weighted by molar-refractivity contribution is 8.01. The lowest BCUT2D eigenvalue weighted by atomic mass is 10.3. The van der Waals surface area contributed by atoms with E-state index in [0.29, 0.717) is 11.9 Å². The quantitative estimate of drug-likeness (QED) is 0.559. The van der Waals surface area contributed by atoms with E-state index in [-0.39, 0.29) is 6.10 Å².